The van der Waals surface area contributed by atoms with Gasteiger partial charge in [-0.1, -0.05) is 13.3 Å². The van der Waals surface area contributed by atoms with Crippen molar-refractivity contribution in [3.8, 4) is 0 Å². The van der Waals surface area contributed by atoms with Gasteiger partial charge in [0.2, 0.25) is 0 Å². The molecule has 1 aliphatic heterocycles. The second-order valence-electron chi connectivity index (χ2n) is 3.38. The van der Waals surface area contributed by atoms with Crippen molar-refractivity contribution in [1.29, 1.82) is 0 Å². The van der Waals surface area contributed by atoms with Gasteiger partial charge in [0.15, 0.2) is 0 Å². The molecule has 0 saturated carbocycles. The third-order valence-electron chi connectivity index (χ3n) is 2.17. The molecule has 1 aliphatic rings. The van der Waals surface area contributed by atoms with E-state index in [2.05, 4.69) is 0 Å². The van der Waals surface area contributed by atoms with Gasteiger partial charge >= 0.3 is 0 Å². The number of nitrogens with zero attached hydrogens (tertiary/aromatic N) is 1. The number of nitrogens with two attached hydrogens (primary N) is 1. The molecule has 4 heteroatoms. The molecule has 0 aliphatic carbocycles. The van der Waals surface area contributed by atoms with Crippen LogP contribution in [-0.2, 0) is 9.63 Å². The van der Waals surface area contributed by atoms with Crippen LogP contribution in [-0.4, -0.2) is 30.2 Å². The fraction of sp³-hybridized carbons (Fsp3) is 0.889. The van der Waals surface area contributed by atoms with Gasteiger partial charge in [0.25, 0.3) is 5.91 Å². The number of hydroxylamine groups is 2. The minimum atomic E-state index is -0.386. The molecule has 1 unspecified atom stereocenters. The maximum Gasteiger partial charge on any atom is 0.263 e. The maximum atomic E-state index is 11.6. The van der Waals surface area contributed by atoms with E-state index in [1.807, 2.05) is 6.92 Å². The van der Waals surface area contributed by atoms with Crippen molar-refractivity contribution in [2.75, 3.05) is 13.2 Å². The summed E-state index contributed by atoms with van der Waals surface area (Å²) in [5.74, 6) is -0.0680. The van der Waals surface area contributed by atoms with Crippen molar-refractivity contribution < 1.29 is 9.63 Å². The number of rotatable bonds is 3. The van der Waals surface area contributed by atoms with Crippen LogP contribution in [0, 0.1) is 0 Å². The molecule has 0 radical (unpaired) electrons. The summed E-state index contributed by atoms with van der Waals surface area (Å²) in [6, 6.07) is -0.386. The highest BCUT2D eigenvalue weighted by Crippen LogP contribution is 2.08. The van der Waals surface area contributed by atoms with E-state index in [0.29, 0.717) is 13.2 Å². The van der Waals surface area contributed by atoms with E-state index in [0.717, 1.165) is 25.7 Å². The first-order valence-electron chi connectivity index (χ1n) is 4.95. The lowest BCUT2D eigenvalue weighted by Gasteiger charge is -2.27. The van der Waals surface area contributed by atoms with E-state index in [1.165, 1.54) is 5.06 Å². The van der Waals surface area contributed by atoms with Gasteiger partial charge in [0.1, 0.15) is 0 Å². The molecule has 4 nitrogen and oxygen atoms in total. The third-order valence-corrected chi connectivity index (χ3v) is 2.17. The summed E-state index contributed by atoms with van der Waals surface area (Å²) in [6.45, 7) is 3.35. The maximum absolute atomic E-state index is 11.6. The molecular formula is C9H18N2O2. The number of hydrogen-bond acceptors (Lipinski definition) is 3. The zero-order chi connectivity index (χ0) is 9.68. The molecule has 1 heterocycles. The van der Waals surface area contributed by atoms with Crippen molar-refractivity contribution in [3.63, 3.8) is 0 Å². The van der Waals surface area contributed by atoms with E-state index >= 15 is 0 Å². The predicted octanol–water partition coefficient (Wildman–Crippen LogP) is 0.668. The van der Waals surface area contributed by atoms with Crippen molar-refractivity contribution in [2.45, 2.75) is 38.6 Å². The fourth-order valence-electron chi connectivity index (χ4n) is 1.39. The Balaban J connectivity index is 2.36. The van der Waals surface area contributed by atoms with Gasteiger partial charge in [-0.05, 0) is 19.3 Å². The smallest absolute Gasteiger partial charge is 0.263 e. The second kappa shape index (κ2) is 5.19. The lowest BCUT2D eigenvalue weighted by molar-refractivity contribution is -0.198. The minimum Gasteiger partial charge on any atom is -0.320 e. The monoisotopic (exact) mass is 186 g/mol. The van der Waals surface area contributed by atoms with Crippen LogP contribution in [0.25, 0.3) is 0 Å². The number of amides is 1. The first-order valence-corrected chi connectivity index (χ1v) is 4.95. The van der Waals surface area contributed by atoms with E-state index < -0.39 is 0 Å². The molecule has 0 spiro atoms. The van der Waals surface area contributed by atoms with Crippen LogP contribution in [0.3, 0.4) is 0 Å². The van der Waals surface area contributed by atoms with Crippen molar-refractivity contribution in [2.24, 2.45) is 5.73 Å². The van der Waals surface area contributed by atoms with E-state index in [4.69, 9.17) is 10.6 Å². The highest BCUT2D eigenvalue weighted by Gasteiger charge is 2.22. The molecule has 1 saturated heterocycles. The van der Waals surface area contributed by atoms with Crippen molar-refractivity contribution in [1.82, 2.24) is 5.06 Å². The highest BCUT2D eigenvalue weighted by molar-refractivity contribution is 5.80. The van der Waals surface area contributed by atoms with Gasteiger partial charge in [0, 0.05) is 6.54 Å². The van der Waals surface area contributed by atoms with E-state index in [1.54, 1.807) is 0 Å². The van der Waals surface area contributed by atoms with Crippen LogP contribution in [0.15, 0.2) is 0 Å². The molecule has 0 bridgehead atoms. The van der Waals surface area contributed by atoms with Gasteiger partial charge < -0.3 is 5.73 Å². The Kier molecular flexibility index (Phi) is 4.18. The molecular weight excluding hydrogens is 168 g/mol. The summed E-state index contributed by atoms with van der Waals surface area (Å²) >= 11 is 0. The van der Waals surface area contributed by atoms with Gasteiger partial charge in [-0.2, -0.15) is 0 Å². The number of carbonyl (C=O) groups excluding carboxylic acids is 1. The third kappa shape index (κ3) is 2.97. The Bertz CT molecular complexity index is 167. The average molecular weight is 186 g/mol. The summed E-state index contributed by atoms with van der Waals surface area (Å²) in [6.07, 6.45) is 3.72. The first-order chi connectivity index (χ1) is 6.25. The van der Waals surface area contributed by atoms with Crippen molar-refractivity contribution >= 4 is 5.91 Å². The van der Waals surface area contributed by atoms with Gasteiger partial charge in [-0.25, -0.2) is 5.06 Å². The van der Waals surface area contributed by atoms with Gasteiger partial charge in [0.05, 0.1) is 12.6 Å². The minimum absolute atomic E-state index is 0.0680. The average Bonchev–Trinajstić information content (AvgIpc) is 2.18. The Labute approximate surface area is 79.0 Å². The summed E-state index contributed by atoms with van der Waals surface area (Å²) < 4.78 is 0. The molecule has 0 aromatic carbocycles. The molecule has 1 rings (SSSR count). The number of carbonyl (C=O) groups is 1. The quantitative estimate of drug-likeness (QED) is 0.704. The highest BCUT2D eigenvalue weighted by atomic mass is 16.7. The molecule has 0 aromatic heterocycles. The fourth-order valence-corrected chi connectivity index (χ4v) is 1.39. The molecule has 1 atom stereocenters. The Hall–Kier alpha value is -0.610. The SMILES string of the molecule is CCCC(N)C(=O)N1CCCCO1. The normalized spacial score (nSPS) is 20.0. The molecule has 1 amide bonds. The van der Waals surface area contributed by atoms with Crippen LogP contribution >= 0.6 is 0 Å². The molecule has 2 N–H and O–H groups in total. The second-order valence-corrected chi connectivity index (χ2v) is 3.38. The molecule has 1 fully saturated rings. The molecule has 13 heavy (non-hydrogen) atoms. The van der Waals surface area contributed by atoms with Gasteiger partial charge in [-0.3, -0.25) is 9.63 Å². The van der Waals surface area contributed by atoms with E-state index in [9.17, 15) is 4.79 Å². The van der Waals surface area contributed by atoms with Crippen molar-refractivity contribution in [3.05, 3.63) is 0 Å². The topological polar surface area (TPSA) is 55.6 Å². The molecule has 76 valence electrons. The Morgan fingerprint density at radius 3 is 2.92 bits per heavy atom. The first kappa shape index (κ1) is 10.5. The Morgan fingerprint density at radius 2 is 2.38 bits per heavy atom. The Morgan fingerprint density at radius 1 is 1.62 bits per heavy atom. The zero-order valence-electron chi connectivity index (χ0n) is 8.16. The number of hydrogen-bond donors (Lipinski definition) is 1. The summed E-state index contributed by atoms with van der Waals surface area (Å²) in [5.41, 5.74) is 5.69. The van der Waals surface area contributed by atoms with Crippen LogP contribution in [0.1, 0.15) is 32.6 Å². The van der Waals surface area contributed by atoms with Crippen LogP contribution in [0.5, 0.6) is 0 Å². The van der Waals surface area contributed by atoms with Crippen LogP contribution in [0.2, 0.25) is 0 Å². The van der Waals surface area contributed by atoms with E-state index in [-0.39, 0.29) is 11.9 Å². The zero-order valence-corrected chi connectivity index (χ0v) is 8.16. The lowest BCUT2D eigenvalue weighted by atomic mass is 10.1. The summed E-state index contributed by atoms with van der Waals surface area (Å²) in [5, 5.41) is 1.42. The van der Waals surface area contributed by atoms with Crippen LogP contribution < -0.4 is 5.73 Å². The van der Waals surface area contributed by atoms with Gasteiger partial charge in [-0.15, -0.1) is 0 Å². The largest absolute Gasteiger partial charge is 0.320 e. The lowest BCUT2D eigenvalue weighted by Crippen LogP contribution is -2.45. The van der Waals surface area contributed by atoms with Crippen LogP contribution in [0.4, 0.5) is 0 Å². The summed E-state index contributed by atoms with van der Waals surface area (Å²) in [4.78, 5) is 16.8. The molecule has 0 aromatic rings. The summed E-state index contributed by atoms with van der Waals surface area (Å²) in [7, 11) is 0. The standard InChI is InChI=1S/C9H18N2O2/c1-2-5-8(10)9(12)11-6-3-4-7-13-11/h8H,2-7,10H2,1H3. The predicted molar refractivity (Wildman–Crippen MR) is 49.8 cm³/mol.